The molecule has 4 heteroatoms. The summed E-state index contributed by atoms with van der Waals surface area (Å²) >= 11 is 3.58. The molecule has 0 aliphatic heterocycles. The highest BCUT2D eigenvalue weighted by Crippen LogP contribution is 2.24. The average Bonchev–Trinajstić information content (AvgIpc) is 2.94. The standard InChI is InChI=1S/C14H14BrN3/c1-17-10-7-16-14(17)6-9-18-8-5-11-12(15)3-2-4-13(11)18/h2-5,7-8,10H,6,9H2,1H3. The van der Waals surface area contributed by atoms with Crippen molar-refractivity contribution in [3.63, 3.8) is 0 Å². The van der Waals surface area contributed by atoms with Gasteiger partial charge in [0.1, 0.15) is 5.82 Å². The van der Waals surface area contributed by atoms with Crippen LogP contribution in [0.15, 0.2) is 47.3 Å². The Morgan fingerprint density at radius 2 is 2.11 bits per heavy atom. The van der Waals surface area contributed by atoms with E-state index in [0.717, 1.165) is 23.3 Å². The predicted molar refractivity (Wildman–Crippen MR) is 76.6 cm³/mol. The minimum Gasteiger partial charge on any atom is -0.347 e. The number of imidazole rings is 1. The van der Waals surface area contributed by atoms with Crippen molar-refractivity contribution in [3.8, 4) is 0 Å². The molecule has 0 amide bonds. The second-order valence-electron chi connectivity index (χ2n) is 4.39. The number of fused-ring (bicyclic) bond motifs is 1. The topological polar surface area (TPSA) is 22.8 Å². The van der Waals surface area contributed by atoms with Crippen LogP contribution in [0.1, 0.15) is 5.82 Å². The van der Waals surface area contributed by atoms with Gasteiger partial charge in [0.25, 0.3) is 0 Å². The summed E-state index contributed by atoms with van der Waals surface area (Å²) in [5.74, 6) is 1.12. The monoisotopic (exact) mass is 303 g/mol. The summed E-state index contributed by atoms with van der Waals surface area (Å²) in [5, 5.41) is 1.26. The van der Waals surface area contributed by atoms with Gasteiger partial charge in [-0.3, -0.25) is 0 Å². The van der Waals surface area contributed by atoms with Crippen molar-refractivity contribution < 1.29 is 0 Å². The Morgan fingerprint density at radius 1 is 1.22 bits per heavy atom. The first kappa shape index (κ1) is 11.5. The van der Waals surface area contributed by atoms with Gasteiger partial charge in [0, 0.05) is 54.0 Å². The molecule has 0 saturated heterocycles. The van der Waals surface area contributed by atoms with E-state index in [0.29, 0.717) is 0 Å². The normalized spacial score (nSPS) is 11.2. The van der Waals surface area contributed by atoms with Crippen LogP contribution in [0, 0.1) is 0 Å². The summed E-state index contributed by atoms with van der Waals surface area (Å²) in [5.41, 5.74) is 1.26. The van der Waals surface area contributed by atoms with Crippen LogP contribution in [0.3, 0.4) is 0 Å². The third-order valence-electron chi connectivity index (χ3n) is 3.26. The number of hydrogen-bond acceptors (Lipinski definition) is 1. The molecule has 0 bridgehead atoms. The molecule has 0 saturated carbocycles. The number of benzene rings is 1. The molecule has 0 fully saturated rings. The maximum atomic E-state index is 4.35. The van der Waals surface area contributed by atoms with Crippen molar-refractivity contribution in [2.75, 3.05) is 0 Å². The van der Waals surface area contributed by atoms with E-state index in [4.69, 9.17) is 0 Å². The zero-order chi connectivity index (χ0) is 12.5. The second kappa shape index (κ2) is 4.61. The molecule has 0 unspecified atom stereocenters. The van der Waals surface area contributed by atoms with Gasteiger partial charge in [-0.2, -0.15) is 0 Å². The van der Waals surface area contributed by atoms with E-state index in [1.54, 1.807) is 0 Å². The first-order valence-corrected chi connectivity index (χ1v) is 6.74. The molecule has 1 aromatic carbocycles. The van der Waals surface area contributed by atoms with Gasteiger partial charge in [0.05, 0.1) is 0 Å². The van der Waals surface area contributed by atoms with Gasteiger partial charge in [-0.25, -0.2) is 4.98 Å². The van der Waals surface area contributed by atoms with Crippen LogP contribution >= 0.6 is 15.9 Å². The van der Waals surface area contributed by atoms with Crippen LogP contribution in [0.25, 0.3) is 10.9 Å². The maximum Gasteiger partial charge on any atom is 0.110 e. The molecule has 92 valence electrons. The Labute approximate surface area is 114 Å². The number of nitrogens with zero attached hydrogens (tertiary/aromatic N) is 3. The Balaban J connectivity index is 1.87. The summed E-state index contributed by atoms with van der Waals surface area (Å²) in [6.45, 7) is 0.949. The zero-order valence-electron chi connectivity index (χ0n) is 10.2. The molecule has 0 aliphatic rings. The zero-order valence-corrected chi connectivity index (χ0v) is 11.8. The van der Waals surface area contributed by atoms with Gasteiger partial charge in [-0.15, -0.1) is 0 Å². The second-order valence-corrected chi connectivity index (χ2v) is 5.24. The molecule has 3 nitrogen and oxygen atoms in total. The number of aryl methyl sites for hydroxylation is 3. The smallest absolute Gasteiger partial charge is 0.110 e. The maximum absolute atomic E-state index is 4.35. The van der Waals surface area contributed by atoms with Crippen LogP contribution in [-0.2, 0) is 20.0 Å². The van der Waals surface area contributed by atoms with Gasteiger partial charge in [0.15, 0.2) is 0 Å². The molecule has 0 radical (unpaired) electrons. The van der Waals surface area contributed by atoms with Crippen LogP contribution in [0.2, 0.25) is 0 Å². The lowest BCUT2D eigenvalue weighted by Gasteiger charge is -2.06. The molecule has 3 rings (SSSR count). The van der Waals surface area contributed by atoms with Crippen molar-refractivity contribution in [2.24, 2.45) is 7.05 Å². The molecular weight excluding hydrogens is 290 g/mol. The van der Waals surface area contributed by atoms with Crippen molar-refractivity contribution in [1.29, 1.82) is 0 Å². The molecule has 0 atom stereocenters. The molecule has 0 spiro atoms. The van der Waals surface area contributed by atoms with E-state index >= 15 is 0 Å². The van der Waals surface area contributed by atoms with Crippen molar-refractivity contribution >= 4 is 26.8 Å². The minimum absolute atomic E-state index is 0.944. The van der Waals surface area contributed by atoms with Gasteiger partial charge < -0.3 is 9.13 Å². The average molecular weight is 304 g/mol. The molecule has 2 heterocycles. The molecule has 3 aromatic rings. The van der Waals surface area contributed by atoms with Gasteiger partial charge in [-0.05, 0) is 18.2 Å². The van der Waals surface area contributed by atoms with E-state index < -0.39 is 0 Å². The lowest BCUT2D eigenvalue weighted by atomic mass is 10.2. The lowest BCUT2D eigenvalue weighted by Crippen LogP contribution is -2.04. The summed E-state index contributed by atoms with van der Waals surface area (Å²) in [6, 6.07) is 8.45. The highest BCUT2D eigenvalue weighted by molar-refractivity contribution is 9.10. The van der Waals surface area contributed by atoms with E-state index in [-0.39, 0.29) is 0 Å². The Morgan fingerprint density at radius 3 is 2.89 bits per heavy atom. The number of halogens is 1. The molecule has 0 N–H and O–H groups in total. The van der Waals surface area contributed by atoms with E-state index in [1.807, 2.05) is 19.4 Å². The van der Waals surface area contributed by atoms with Gasteiger partial charge in [0.2, 0.25) is 0 Å². The summed E-state index contributed by atoms with van der Waals surface area (Å²) in [4.78, 5) is 4.35. The van der Waals surface area contributed by atoms with Crippen molar-refractivity contribution in [3.05, 3.63) is 53.2 Å². The summed E-state index contributed by atoms with van der Waals surface area (Å²) in [7, 11) is 2.03. The van der Waals surface area contributed by atoms with Gasteiger partial charge >= 0.3 is 0 Å². The van der Waals surface area contributed by atoms with Crippen LogP contribution in [0.5, 0.6) is 0 Å². The minimum atomic E-state index is 0.944. The molecule has 18 heavy (non-hydrogen) atoms. The molecule has 0 aliphatic carbocycles. The predicted octanol–water partition coefficient (Wildman–Crippen LogP) is 3.38. The third-order valence-corrected chi connectivity index (χ3v) is 3.95. The van der Waals surface area contributed by atoms with Crippen molar-refractivity contribution in [1.82, 2.24) is 14.1 Å². The van der Waals surface area contributed by atoms with E-state index in [1.165, 1.54) is 10.9 Å². The molecule has 2 aromatic heterocycles. The summed E-state index contributed by atoms with van der Waals surface area (Å²) < 4.78 is 5.49. The van der Waals surface area contributed by atoms with Crippen LogP contribution < -0.4 is 0 Å². The Hall–Kier alpha value is -1.55. The molecular formula is C14H14BrN3. The van der Waals surface area contributed by atoms with E-state index in [2.05, 4.69) is 60.5 Å². The first-order valence-electron chi connectivity index (χ1n) is 5.95. The summed E-state index contributed by atoms with van der Waals surface area (Å²) in [6.07, 6.45) is 6.91. The lowest BCUT2D eigenvalue weighted by molar-refractivity contribution is 0.668. The van der Waals surface area contributed by atoms with E-state index in [9.17, 15) is 0 Å². The van der Waals surface area contributed by atoms with Crippen molar-refractivity contribution in [2.45, 2.75) is 13.0 Å². The fourth-order valence-corrected chi connectivity index (χ4v) is 2.73. The number of hydrogen-bond donors (Lipinski definition) is 0. The number of aromatic nitrogens is 3. The first-order chi connectivity index (χ1) is 8.75. The Kier molecular flexibility index (Phi) is 2.96. The van der Waals surface area contributed by atoms with Crippen LogP contribution in [-0.4, -0.2) is 14.1 Å². The third kappa shape index (κ3) is 1.97. The SMILES string of the molecule is Cn1ccnc1CCn1ccc2c(Br)cccc21. The highest BCUT2D eigenvalue weighted by atomic mass is 79.9. The highest BCUT2D eigenvalue weighted by Gasteiger charge is 2.05. The van der Waals surface area contributed by atoms with Crippen LogP contribution in [0.4, 0.5) is 0 Å². The largest absolute Gasteiger partial charge is 0.347 e. The fourth-order valence-electron chi connectivity index (χ4n) is 2.24. The fraction of sp³-hybridized carbons (Fsp3) is 0.214. The quantitative estimate of drug-likeness (QED) is 0.727. The number of rotatable bonds is 3. The Bertz CT molecular complexity index is 681. The van der Waals surface area contributed by atoms with Gasteiger partial charge in [-0.1, -0.05) is 22.0 Å².